The summed E-state index contributed by atoms with van der Waals surface area (Å²) in [6.07, 6.45) is -4.40. The van der Waals surface area contributed by atoms with Crippen molar-refractivity contribution >= 4 is 43.4 Å². The molecule has 4 bridgehead atoms. The van der Waals surface area contributed by atoms with Crippen LogP contribution in [0.15, 0.2) is 41.7 Å². The van der Waals surface area contributed by atoms with Crippen LogP contribution in [-0.4, -0.2) is 95.8 Å². The number of hydrogen-bond donors (Lipinski definition) is 2. The first-order valence-corrected chi connectivity index (χ1v) is 25.9. The number of carbonyl (C=O) groups excluding carboxylic acids is 3. The van der Waals surface area contributed by atoms with Gasteiger partial charge in [0.2, 0.25) is 5.78 Å². The van der Waals surface area contributed by atoms with Gasteiger partial charge in [-0.2, -0.15) is 0 Å². The van der Waals surface area contributed by atoms with Gasteiger partial charge in [-0.3, -0.25) is 9.59 Å². The molecule has 12 nitrogen and oxygen atoms in total. The number of aliphatic hydroxyl groups excluding tert-OH is 1. The highest BCUT2D eigenvalue weighted by Crippen LogP contribution is 2.65. The van der Waals surface area contributed by atoms with Crippen LogP contribution in [0.4, 0.5) is 0 Å². The number of hydrogen-bond acceptors (Lipinski definition) is 12. The predicted molar refractivity (Wildman–Crippen MR) is 187 cm³/mol. The molecule has 3 aliphatic carbocycles. The van der Waals surface area contributed by atoms with Gasteiger partial charge >= 0.3 is 37.6 Å². The Bertz CT molecular complexity index is 1610. The summed E-state index contributed by atoms with van der Waals surface area (Å²) in [5, 5.41) is 25.2. The fourth-order valence-electron chi connectivity index (χ4n) is 9.74. The molecule has 1 aromatic rings. The van der Waals surface area contributed by atoms with E-state index in [1.165, 1.54) is 6.92 Å². The summed E-state index contributed by atoms with van der Waals surface area (Å²) in [5.74, 6) is -3.69. The first kappa shape index (κ1) is 37.5. The summed E-state index contributed by atoms with van der Waals surface area (Å²) >= 11 is 0. The second kappa shape index (κ2) is 11.9. The zero-order chi connectivity index (χ0) is 37.0. The Balaban J connectivity index is 1.73. The molecule has 0 radical (unpaired) electrons. The van der Waals surface area contributed by atoms with Gasteiger partial charge in [0.1, 0.15) is 23.6 Å². The fraction of sp³-hybridized carbons (Fsp3) is 0.686. The molecule has 1 aromatic carbocycles. The van der Waals surface area contributed by atoms with Gasteiger partial charge in [-0.25, -0.2) is 4.79 Å². The normalized spacial score (nSPS) is 41.1. The van der Waals surface area contributed by atoms with Crippen molar-refractivity contribution in [1.29, 1.82) is 0 Å². The van der Waals surface area contributed by atoms with Gasteiger partial charge in [0, 0.05) is 31.1 Å². The van der Waals surface area contributed by atoms with Gasteiger partial charge in [0.25, 0.3) is 0 Å². The van der Waals surface area contributed by atoms with E-state index >= 15 is 4.79 Å². The average Bonchev–Trinajstić information content (AvgIpc) is 2.97. The zero-order valence-electron chi connectivity index (χ0n) is 30.9. The monoisotopic (exact) mass is 748 g/mol. The zero-order valence-corrected chi connectivity index (χ0v) is 33.9. The number of allylic oxidation sites excluding steroid dienone is 1. The highest BCUT2D eigenvalue weighted by molar-refractivity contribution is 6.84. The number of Topliss-reactive ketones (excluding diaryl/α,β-unsaturated/α-hetero) is 1. The third-order valence-corrected chi connectivity index (χ3v) is 21.1. The molecular weight excluding hydrogens is 697 g/mol. The maximum atomic E-state index is 15.9. The van der Waals surface area contributed by atoms with Crippen LogP contribution in [0.5, 0.6) is 0 Å². The van der Waals surface area contributed by atoms with Gasteiger partial charge in [-0.05, 0) is 63.9 Å². The van der Waals surface area contributed by atoms with Crippen LogP contribution in [-0.2, 0) is 40.9 Å². The standard InChI is InChI=1S/C35H52O12Si3/c1-20-23(37)18-35(40)30(42-31(39)22-15-13-12-14-16-22)28-33(5)24(17-25-34(28,19-41-25)43-21(2)36)44-48(6,7)46-50(10,11)47-49(8,9)45-27(29(33)38)26(20)32(35,3)4/h12-16,20,23-25,28,30,37,40H,17-19H2,1-11H3/t20?,23-,24-,25+,28-,30-,33+,34-,35+/m0/s1. The summed E-state index contributed by atoms with van der Waals surface area (Å²) in [6, 6.07) is 8.37. The van der Waals surface area contributed by atoms with Gasteiger partial charge < -0.3 is 41.5 Å². The molecule has 15 heteroatoms. The molecule has 1 unspecified atom stereocenters. The molecule has 2 saturated carbocycles. The lowest BCUT2D eigenvalue weighted by molar-refractivity contribution is -0.344. The van der Waals surface area contributed by atoms with E-state index in [2.05, 4.69) is 0 Å². The highest BCUT2D eigenvalue weighted by atomic mass is 28.5. The van der Waals surface area contributed by atoms with Crippen LogP contribution in [0, 0.1) is 22.7 Å². The topological polar surface area (TPSA) is 156 Å². The molecule has 4 fully saturated rings. The Morgan fingerprint density at radius 3 is 2.14 bits per heavy atom. The summed E-state index contributed by atoms with van der Waals surface area (Å²) in [4.78, 5) is 43.0. The van der Waals surface area contributed by atoms with Gasteiger partial charge in [-0.15, -0.1) is 0 Å². The van der Waals surface area contributed by atoms with Crippen molar-refractivity contribution in [3.8, 4) is 0 Å². The van der Waals surface area contributed by atoms with Crippen LogP contribution in [0.1, 0.15) is 57.8 Å². The first-order chi connectivity index (χ1) is 22.9. The number of esters is 2. The molecule has 5 aliphatic rings. The lowest BCUT2D eigenvalue weighted by Gasteiger charge is -2.68. The summed E-state index contributed by atoms with van der Waals surface area (Å²) in [6.45, 7) is 19.6. The Labute approximate surface area is 297 Å². The van der Waals surface area contributed by atoms with E-state index in [-0.39, 0.29) is 30.8 Å². The van der Waals surface area contributed by atoms with E-state index in [9.17, 15) is 19.8 Å². The number of aliphatic hydroxyl groups is 2. The summed E-state index contributed by atoms with van der Waals surface area (Å²) in [5.41, 5.74) is -5.86. The van der Waals surface area contributed by atoms with E-state index in [1.807, 2.05) is 39.3 Å². The van der Waals surface area contributed by atoms with E-state index in [0.717, 1.165) is 0 Å². The first-order valence-electron chi connectivity index (χ1n) is 17.4. The number of ketones is 1. The third-order valence-electron chi connectivity index (χ3n) is 11.7. The van der Waals surface area contributed by atoms with Gasteiger partial charge in [0.05, 0.1) is 35.7 Å². The van der Waals surface area contributed by atoms with E-state index < -0.39 is 102 Å². The molecule has 9 atom stereocenters. The molecule has 276 valence electrons. The van der Waals surface area contributed by atoms with Crippen molar-refractivity contribution in [1.82, 2.24) is 0 Å². The molecule has 6 rings (SSSR count). The van der Waals surface area contributed by atoms with Crippen LogP contribution in [0.25, 0.3) is 0 Å². The summed E-state index contributed by atoms with van der Waals surface area (Å²) < 4.78 is 46.2. The smallest absolute Gasteiger partial charge is 0.383 e. The lowest BCUT2D eigenvalue weighted by atomic mass is 9.45. The van der Waals surface area contributed by atoms with Gasteiger partial charge in [0.15, 0.2) is 5.60 Å². The quantitative estimate of drug-likeness (QED) is 0.331. The Kier molecular flexibility index (Phi) is 8.93. The minimum absolute atomic E-state index is 0.00637. The minimum atomic E-state index is -3.25. The number of ether oxygens (including phenoxy) is 3. The Hall–Kier alpha value is -2.22. The van der Waals surface area contributed by atoms with Crippen LogP contribution >= 0.6 is 0 Å². The molecule has 0 spiro atoms. The molecule has 0 amide bonds. The predicted octanol–water partition coefficient (Wildman–Crippen LogP) is 4.49. The number of fused-ring (bicyclic) bond motifs is 5. The molecular formula is C35H52O12Si3. The van der Waals surface area contributed by atoms with E-state index in [0.29, 0.717) is 5.57 Å². The van der Waals surface area contributed by atoms with Crippen molar-refractivity contribution in [2.24, 2.45) is 22.7 Å². The maximum absolute atomic E-state index is 15.9. The van der Waals surface area contributed by atoms with Crippen molar-refractivity contribution in [2.75, 3.05) is 6.61 Å². The highest BCUT2D eigenvalue weighted by Gasteiger charge is 2.78. The van der Waals surface area contributed by atoms with Crippen LogP contribution in [0.2, 0.25) is 39.3 Å². The van der Waals surface area contributed by atoms with E-state index in [1.54, 1.807) is 58.0 Å². The second-order valence-corrected chi connectivity index (χ2v) is 27.3. The number of carbonyl (C=O) groups is 3. The van der Waals surface area contributed by atoms with Crippen LogP contribution in [0.3, 0.4) is 0 Å². The Morgan fingerprint density at radius 2 is 1.56 bits per heavy atom. The molecule has 2 aliphatic heterocycles. The third kappa shape index (κ3) is 5.71. The maximum Gasteiger partial charge on any atom is 0.383 e. The van der Waals surface area contributed by atoms with E-state index in [4.69, 9.17) is 31.3 Å². The number of rotatable bonds is 3. The average molecular weight is 749 g/mol. The number of benzene rings is 1. The van der Waals surface area contributed by atoms with Crippen molar-refractivity contribution in [3.05, 3.63) is 47.2 Å². The van der Waals surface area contributed by atoms with Crippen molar-refractivity contribution in [3.63, 3.8) is 0 Å². The molecule has 50 heavy (non-hydrogen) atoms. The Morgan fingerprint density at radius 1 is 0.940 bits per heavy atom. The molecule has 0 aromatic heterocycles. The van der Waals surface area contributed by atoms with Crippen LogP contribution < -0.4 is 0 Å². The SMILES string of the molecule is CC(=O)O[C@@]12CO[C@@H]1C[C@@H]1O[Si](C)(C)O[Si](C)(C)O[Si](C)(C)OC3=C4C(C)[C@@H](O)C[C@@](O)([C@@H](OC(=O)c5ccccc5)[C@H]2[C@]1(C)C3=O)C4(C)C. The van der Waals surface area contributed by atoms with Crippen molar-refractivity contribution in [2.45, 2.75) is 122 Å². The lowest BCUT2D eigenvalue weighted by Crippen LogP contribution is -2.81. The molecule has 2 saturated heterocycles. The van der Waals surface area contributed by atoms with Crippen molar-refractivity contribution < 1.29 is 55.9 Å². The summed E-state index contributed by atoms with van der Waals surface area (Å²) in [7, 11) is -9.32. The minimum Gasteiger partial charge on any atom is -0.518 e. The largest absolute Gasteiger partial charge is 0.518 e. The second-order valence-electron chi connectivity index (χ2n) is 16.8. The van der Waals surface area contributed by atoms with Gasteiger partial charge in [-0.1, -0.05) is 39.0 Å². The fourth-order valence-corrected chi connectivity index (χ4v) is 21.8. The molecule has 2 N–H and O–H groups in total. The molecule has 2 heterocycles.